The maximum Gasteiger partial charge on any atom is 0.336 e. The molecule has 0 unspecified atom stereocenters. The van der Waals surface area contributed by atoms with Gasteiger partial charge in [0.15, 0.2) is 0 Å². The van der Waals surface area contributed by atoms with Gasteiger partial charge in [-0.25, -0.2) is 9.59 Å². The number of carbonyl (C=O) groups is 2. The fourth-order valence-corrected chi connectivity index (χ4v) is 2.84. The van der Waals surface area contributed by atoms with E-state index < -0.39 is 11.9 Å². The van der Waals surface area contributed by atoms with Gasteiger partial charge in [-0.15, -0.1) is 0 Å². The van der Waals surface area contributed by atoms with Crippen LogP contribution in [-0.4, -0.2) is 18.5 Å². The number of benzene rings is 2. The van der Waals surface area contributed by atoms with Gasteiger partial charge >= 0.3 is 11.9 Å². The van der Waals surface area contributed by atoms with Crippen LogP contribution in [0.2, 0.25) is 0 Å². The van der Waals surface area contributed by atoms with Gasteiger partial charge in [0.05, 0.1) is 6.61 Å². The molecule has 0 spiro atoms. The summed E-state index contributed by atoms with van der Waals surface area (Å²) in [5.74, 6) is -0.644. The van der Waals surface area contributed by atoms with Gasteiger partial charge < -0.3 is 9.47 Å². The third-order valence-corrected chi connectivity index (χ3v) is 4.31. The number of esters is 2. The maximum absolute atomic E-state index is 11.9. The Morgan fingerprint density at radius 2 is 1.48 bits per heavy atom. The summed E-state index contributed by atoms with van der Waals surface area (Å²) in [5.41, 5.74) is 0. The molecule has 144 valence electrons. The Morgan fingerprint density at radius 1 is 0.815 bits per heavy atom. The lowest BCUT2D eigenvalue weighted by Gasteiger charge is -2.05. The van der Waals surface area contributed by atoms with E-state index in [1.807, 2.05) is 36.4 Å². The molecular formula is C23H28O4. The molecule has 0 saturated carbocycles. The van der Waals surface area contributed by atoms with Crippen LogP contribution in [0.15, 0.2) is 54.6 Å². The zero-order valence-electron chi connectivity index (χ0n) is 16.0. The molecule has 0 heterocycles. The highest BCUT2D eigenvalue weighted by Crippen LogP contribution is 2.25. The molecule has 0 saturated heterocycles. The Labute approximate surface area is 161 Å². The highest BCUT2D eigenvalue weighted by atomic mass is 16.5. The van der Waals surface area contributed by atoms with Gasteiger partial charge in [0.2, 0.25) is 0 Å². The molecule has 4 nitrogen and oxygen atoms in total. The molecule has 0 aromatic heterocycles. The third-order valence-electron chi connectivity index (χ3n) is 4.31. The second-order valence-corrected chi connectivity index (χ2v) is 6.52. The van der Waals surface area contributed by atoms with Crippen molar-refractivity contribution in [3.63, 3.8) is 0 Å². The van der Waals surface area contributed by atoms with Gasteiger partial charge in [-0.2, -0.15) is 0 Å². The predicted molar refractivity (Wildman–Crippen MR) is 108 cm³/mol. The van der Waals surface area contributed by atoms with Crippen molar-refractivity contribution in [2.75, 3.05) is 6.61 Å². The molecule has 27 heavy (non-hydrogen) atoms. The summed E-state index contributed by atoms with van der Waals surface area (Å²) >= 11 is 0. The van der Waals surface area contributed by atoms with Crippen molar-refractivity contribution >= 4 is 22.7 Å². The molecule has 0 N–H and O–H groups in total. The van der Waals surface area contributed by atoms with E-state index in [2.05, 4.69) is 6.92 Å². The summed E-state index contributed by atoms with van der Waals surface area (Å²) in [4.78, 5) is 23.6. The van der Waals surface area contributed by atoms with Gasteiger partial charge in [0, 0.05) is 17.5 Å². The highest BCUT2D eigenvalue weighted by molar-refractivity contribution is 5.95. The number of fused-ring (bicyclic) bond motifs is 1. The van der Waals surface area contributed by atoms with Crippen LogP contribution in [0.5, 0.6) is 5.75 Å². The average Bonchev–Trinajstić information content (AvgIpc) is 2.69. The molecule has 0 aliphatic carbocycles. The summed E-state index contributed by atoms with van der Waals surface area (Å²) in [6.45, 7) is 2.58. The van der Waals surface area contributed by atoms with Crippen LogP contribution in [0.25, 0.3) is 10.8 Å². The third kappa shape index (κ3) is 7.65. The van der Waals surface area contributed by atoms with E-state index in [0.29, 0.717) is 12.4 Å². The van der Waals surface area contributed by atoms with E-state index in [4.69, 9.17) is 9.47 Å². The van der Waals surface area contributed by atoms with E-state index >= 15 is 0 Å². The molecular weight excluding hydrogens is 340 g/mol. The van der Waals surface area contributed by atoms with E-state index in [1.165, 1.54) is 32.1 Å². The van der Waals surface area contributed by atoms with Gasteiger partial charge in [0.25, 0.3) is 0 Å². The molecule has 2 aromatic rings. The van der Waals surface area contributed by atoms with Gasteiger partial charge in [-0.05, 0) is 17.9 Å². The number of unbranched alkanes of at least 4 members (excludes halogenated alkanes) is 6. The Morgan fingerprint density at radius 3 is 2.30 bits per heavy atom. The summed E-state index contributed by atoms with van der Waals surface area (Å²) < 4.78 is 10.4. The first-order valence-electron chi connectivity index (χ1n) is 9.75. The minimum atomic E-state index is -0.598. The smallest absolute Gasteiger partial charge is 0.336 e. The number of carbonyl (C=O) groups excluding carboxylic acids is 2. The van der Waals surface area contributed by atoms with E-state index in [1.54, 1.807) is 6.07 Å². The van der Waals surface area contributed by atoms with E-state index in [9.17, 15) is 9.59 Å². The minimum Gasteiger partial charge on any atom is -0.463 e. The molecule has 0 bridgehead atoms. The summed E-state index contributed by atoms with van der Waals surface area (Å²) in [6.07, 6.45) is 10.4. The normalized spacial score (nSPS) is 11.0. The first kappa shape index (κ1) is 20.7. The Hall–Kier alpha value is -2.62. The topological polar surface area (TPSA) is 52.6 Å². The van der Waals surface area contributed by atoms with E-state index in [0.717, 1.165) is 35.8 Å². The van der Waals surface area contributed by atoms with Crippen LogP contribution in [0.3, 0.4) is 0 Å². The Kier molecular flexibility index (Phi) is 9.11. The molecule has 4 heteroatoms. The predicted octanol–water partition coefficient (Wildman–Crippen LogP) is 5.60. The van der Waals surface area contributed by atoms with Crippen molar-refractivity contribution < 1.29 is 19.1 Å². The number of ether oxygens (including phenoxy) is 2. The molecule has 0 amide bonds. The Balaban J connectivity index is 1.69. The van der Waals surface area contributed by atoms with Crippen molar-refractivity contribution in [2.45, 2.75) is 51.9 Å². The first-order chi connectivity index (χ1) is 13.2. The van der Waals surface area contributed by atoms with Crippen molar-refractivity contribution in [2.24, 2.45) is 0 Å². The second kappa shape index (κ2) is 11.9. The van der Waals surface area contributed by atoms with Crippen LogP contribution in [0.4, 0.5) is 0 Å². The largest absolute Gasteiger partial charge is 0.463 e. The molecule has 0 radical (unpaired) electrons. The zero-order chi connectivity index (χ0) is 19.3. The van der Waals surface area contributed by atoms with Gasteiger partial charge in [-0.1, -0.05) is 81.8 Å². The van der Waals surface area contributed by atoms with Crippen LogP contribution in [0, 0.1) is 0 Å². The summed E-state index contributed by atoms with van der Waals surface area (Å²) in [7, 11) is 0. The summed E-state index contributed by atoms with van der Waals surface area (Å²) in [5, 5.41) is 1.84. The fourth-order valence-electron chi connectivity index (χ4n) is 2.84. The van der Waals surface area contributed by atoms with Crippen molar-refractivity contribution in [3.05, 3.63) is 54.6 Å². The van der Waals surface area contributed by atoms with Crippen molar-refractivity contribution in [1.29, 1.82) is 0 Å². The molecule has 0 atom stereocenters. The van der Waals surface area contributed by atoms with E-state index in [-0.39, 0.29) is 0 Å². The fraction of sp³-hybridized carbons (Fsp3) is 0.391. The zero-order valence-corrected chi connectivity index (χ0v) is 16.0. The number of rotatable bonds is 11. The lowest BCUT2D eigenvalue weighted by molar-refractivity contribution is -0.138. The van der Waals surface area contributed by atoms with Crippen LogP contribution < -0.4 is 4.74 Å². The average molecular weight is 368 g/mol. The lowest BCUT2D eigenvalue weighted by atomic mass is 10.1. The highest BCUT2D eigenvalue weighted by Gasteiger charge is 2.06. The quantitative estimate of drug-likeness (QED) is 0.224. The SMILES string of the molecule is CCCCCCCCCOC(=O)/C=C/C(=O)Oc1cccc2ccccc12. The lowest BCUT2D eigenvalue weighted by Crippen LogP contribution is -2.07. The van der Waals surface area contributed by atoms with Gasteiger partial charge in [0.1, 0.15) is 5.75 Å². The van der Waals surface area contributed by atoms with Crippen LogP contribution in [0.1, 0.15) is 51.9 Å². The standard InChI is InChI=1S/C23H28O4/c1-2-3-4-5-6-7-10-18-26-22(24)16-17-23(25)27-21-15-11-13-19-12-8-9-14-20(19)21/h8-9,11-17H,2-7,10,18H2,1H3/b17-16+. The van der Waals surface area contributed by atoms with Crippen LogP contribution in [-0.2, 0) is 14.3 Å². The second-order valence-electron chi connectivity index (χ2n) is 6.52. The first-order valence-corrected chi connectivity index (χ1v) is 9.75. The minimum absolute atomic E-state index is 0.384. The maximum atomic E-state index is 11.9. The summed E-state index contributed by atoms with van der Waals surface area (Å²) in [6, 6.07) is 13.1. The molecule has 0 aliphatic heterocycles. The number of hydrogen-bond acceptors (Lipinski definition) is 4. The van der Waals surface area contributed by atoms with Crippen molar-refractivity contribution in [1.82, 2.24) is 0 Å². The van der Waals surface area contributed by atoms with Crippen molar-refractivity contribution in [3.8, 4) is 5.75 Å². The molecule has 2 rings (SSSR count). The molecule has 0 fully saturated rings. The van der Waals surface area contributed by atoms with Crippen LogP contribution >= 0.6 is 0 Å². The monoisotopic (exact) mass is 368 g/mol. The molecule has 0 aliphatic rings. The Bertz CT molecular complexity index is 759. The molecule has 2 aromatic carbocycles. The van der Waals surface area contributed by atoms with Gasteiger partial charge in [-0.3, -0.25) is 0 Å². The number of hydrogen-bond donors (Lipinski definition) is 0.